The smallest absolute Gasteiger partial charge is 0.0621 e. The highest BCUT2D eigenvalue weighted by Crippen LogP contribution is 2.24. The minimum absolute atomic E-state index is 0.111. The molecule has 0 spiro atoms. The molecule has 3 nitrogen and oxygen atoms in total. The Kier molecular flexibility index (Phi) is 5.32. The first-order chi connectivity index (χ1) is 7.29. The zero-order chi connectivity index (χ0) is 11.1. The van der Waals surface area contributed by atoms with E-state index in [1.165, 1.54) is 0 Å². The summed E-state index contributed by atoms with van der Waals surface area (Å²) in [6, 6.07) is 9.99. The second kappa shape index (κ2) is 6.56. The summed E-state index contributed by atoms with van der Waals surface area (Å²) in [5.74, 6) is 0.111. The van der Waals surface area contributed by atoms with Crippen molar-refractivity contribution in [3.05, 3.63) is 35.9 Å². The van der Waals surface area contributed by atoms with Crippen LogP contribution in [-0.4, -0.2) is 24.3 Å². The van der Waals surface area contributed by atoms with Crippen LogP contribution in [0.1, 0.15) is 24.3 Å². The summed E-state index contributed by atoms with van der Waals surface area (Å²) in [4.78, 5) is 0. The molecular weight excluding hydrogens is 188 g/mol. The van der Waals surface area contributed by atoms with E-state index in [1.54, 1.807) is 0 Å². The Morgan fingerprint density at radius 1 is 1.00 bits per heavy atom. The van der Waals surface area contributed by atoms with E-state index in [4.69, 9.17) is 11.5 Å². The van der Waals surface area contributed by atoms with Crippen molar-refractivity contribution < 1.29 is 5.11 Å². The average Bonchev–Trinajstić information content (AvgIpc) is 2.27. The van der Waals surface area contributed by atoms with Crippen LogP contribution in [0.25, 0.3) is 0 Å². The molecule has 0 saturated carbocycles. The Hall–Kier alpha value is -0.900. The minimum Gasteiger partial charge on any atom is -0.392 e. The lowest BCUT2D eigenvalue weighted by Gasteiger charge is -2.22. The Bertz CT molecular complexity index is 264. The molecule has 15 heavy (non-hydrogen) atoms. The van der Waals surface area contributed by atoms with Crippen LogP contribution in [0.15, 0.2) is 30.3 Å². The van der Waals surface area contributed by atoms with Crippen molar-refractivity contribution >= 4 is 0 Å². The maximum absolute atomic E-state index is 9.96. The Balaban J connectivity index is 2.73. The molecule has 0 amide bonds. The molecule has 5 N–H and O–H groups in total. The second-order valence-electron chi connectivity index (χ2n) is 3.74. The Morgan fingerprint density at radius 3 is 2.13 bits per heavy atom. The van der Waals surface area contributed by atoms with Gasteiger partial charge in [-0.05, 0) is 31.5 Å². The first kappa shape index (κ1) is 12.2. The molecule has 0 heterocycles. The molecule has 0 aromatic heterocycles. The number of aliphatic hydroxyl groups excluding tert-OH is 1. The van der Waals surface area contributed by atoms with E-state index >= 15 is 0 Å². The molecule has 3 heteroatoms. The van der Waals surface area contributed by atoms with Crippen LogP contribution in [0.5, 0.6) is 0 Å². The molecule has 0 aliphatic heterocycles. The lowest BCUT2D eigenvalue weighted by atomic mass is 9.89. The van der Waals surface area contributed by atoms with E-state index in [-0.39, 0.29) is 12.0 Å². The molecule has 2 unspecified atom stereocenters. The van der Waals surface area contributed by atoms with E-state index in [1.807, 2.05) is 30.3 Å². The summed E-state index contributed by atoms with van der Waals surface area (Å²) in [5.41, 5.74) is 12.2. The van der Waals surface area contributed by atoms with Crippen molar-refractivity contribution in [2.24, 2.45) is 11.5 Å². The standard InChI is InChI=1S/C12H20N2O/c13-8-6-11(12(15)7-9-14)10-4-2-1-3-5-10/h1-5,11-12,15H,6-9,13-14H2. The van der Waals surface area contributed by atoms with Crippen LogP contribution in [0, 0.1) is 0 Å². The third kappa shape index (κ3) is 3.63. The molecule has 1 aromatic carbocycles. The summed E-state index contributed by atoms with van der Waals surface area (Å²) in [6.07, 6.45) is 1.03. The van der Waals surface area contributed by atoms with Gasteiger partial charge in [0.1, 0.15) is 0 Å². The van der Waals surface area contributed by atoms with Gasteiger partial charge in [0, 0.05) is 5.92 Å². The average molecular weight is 208 g/mol. The predicted molar refractivity (Wildman–Crippen MR) is 62.5 cm³/mol. The third-order valence-electron chi connectivity index (χ3n) is 2.63. The minimum atomic E-state index is -0.388. The summed E-state index contributed by atoms with van der Waals surface area (Å²) in [5, 5.41) is 9.96. The fourth-order valence-corrected chi connectivity index (χ4v) is 1.83. The largest absolute Gasteiger partial charge is 0.392 e. The summed E-state index contributed by atoms with van der Waals surface area (Å²) < 4.78 is 0. The van der Waals surface area contributed by atoms with Gasteiger partial charge in [-0.3, -0.25) is 0 Å². The molecule has 1 aromatic rings. The predicted octanol–water partition coefficient (Wildman–Crippen LogP) is 0.829. The van der Waals surface area contributed by atoms with Crippen LogP contribution in [0.3, 0.4) is 0 Å². The van der Waals surface area contributed by atoms with Crippen molar-refractivity contribution in [2.75, 3.05) is 13.1 Å². The van der Waals surface area contributed by atoms with E-state index in [2.05, 4.69) is 0 Å². The molecule has 0 aliphatic rings. The Labute approximate surface area is 91.1 Å². The van der Waals surface area contributed by atoms with Crippen LogP contribution in [0.4, 0.5) is 0 Å². The monoisotopic (exact) mass is 208 g/mol. The Morgan fingerprint density at radius 2 is 1.60 bits per heavy atom. The zero-order valence-electron chi connectivity index (χ0n) is 8.97. The maximum atomic E-state index is 9.96. The first-order valence-corrected chi connectivity index (χ1v) is 5.42. The second-order valence-corrected chi connectivity index (χ2v) is 3.74. The summed E-state index contributed by atoms with van der Waals surface area (Å²) in [6.45, 7) is 1.09. The lowest BCUT2D eigenvalue weighted by Crippen LogP contribution is -2.24. The van der Waals surface area contributed by atoms with Gasteiger partial charge in [0.2, 0.25) is 0 Å². The number of hydrogen-bond acceptors (Lipinski definition) is 3. The summed E-state index contributed by atoms with van der Waals surface area (Å²) >= 11 is 0. The molecule has 1 rings (SSSR count). The van der Waals surface area contributed by atoms with Gasteiger partial charge in [0.15, 0.2) is 0 Å². The number of aliphatic hydroxyl groups is 1. The number of benzene rings is 1. The van der Waals surface area contributed by atoms with E-state index in [0.29, 0.717) is 19.5 Å². The van der Waals surface area contributed by atoms with Gasteiger partial charge in [-0.25, -0.2) is 0 Å². The van der Waals surface area contributed by atoms with Crippen molar-refractivity contribution in [3.8, 4) is 0 Å². The fourth-order valence-electron chi connectivity index (χ4n) is 1.83. The molecular formula is C12H20N2O. The summed E-state index contributed by atoms with van der Waals surface area (Å²) in [7, 11) is 0. The molecule has 0 aliphatic carbocycles. The van der Waals surface area contributed by atoms with Gasteiger partial charge in [0.25, 0.3) is 0 Å². The number of nitrogens with two attached hydrogens (primary N) is 2. The fraction of sp³-hybridized carbons (Fsp3) is 0.500. The molecule has 0 radical (unpaired) electrons. The highest BCUT2D eigenvalue weighted by Gasteiger charge is 2.19. The lowest BCUT2D eigenvalue weighted by molar-refractivity contribution is 0.132. The van der Waals surface area contributed by atoms with Gasteiger partial charge < -0.3 is 16.6 Å². The molecule has 0 bridgehead atoms. The van der Waals surface area contributed by atoms with Gasteiger partial charge in [-0.15, -0.1) is 0 Å². The van der Waals surface area contributed by atoms with Crippen LogP contribution in [0.2, 0.25) is 0 Å². The highest BCUT2D eigenvalue weighted by molar-refractivity contribution is 5.20. The van der Waals surface area contributed by atoms with Crippen molar-refractivity contribution in [2.45, 2.75) is 24.9 Å². The van der Waals surface area contributed by atoms with E-state index < -0.39 is 0 Å². The highest BCUT2D eigenvalue weighted by atomic mass is 16.3. The number of hydrogen-bond donors (Lipinski definition) is 3. The van der Waals surface area contributed by atoms with Crippen molar-refractivity contribution in [1.29, 1.82) is 0 Å². The molecule has 0 fully saturated rings. The van der Waals surface area contributed by atoms with Gasteiger partial charge in [-0.2, -0.15) is 0 Å². The maximum Gasteiger partial charge on any atom is 0.0621 e. The normalized spacial score (nSPS) is 14.9. The molecule has 84 valence electrons. The SMILES string of the molecule is NCCC(O)C(CCN)c1ccccc1. The van der Waals surface area contributed by atoms with Gasteiger partial charge in [0.05, 0.1) is 6.10 Å². The zero-order valence-corrected chi connectivity index (χ0v) is 8.97. The molecule has 2 atom stereocenters. The topological polar surface area (TPSA) is 72.3 Å². The van der Waals surface area contributed by atoms with Crippen molar-refractivity contribution in [1.82, 2.24) is 0 Å². The van der Waals surface area contributed by atoms with Crippen LogP contribution < -0.4 is 11.5 Å². The first-order valence-electron chi connectivity index (χ1n) is 5.42. The van der Waals surface area contributed by atoms with Gasteiger partial charge >= 0.3 is 0 Å². The van der Waals surface area contributed by atoms with Crippen LogP contribution >= 0.6 is 0 Å². The van der Waals surface area contributed by atoms with Crippen molar-refractivity contribution in [3.63, 3.8) is 0 Å². The number of rotatable bonds is 6. The van der Waals surface area contributed by atoms with E-state index in [9.17, 15) is 5.11 Å². The quantitative estimate of drug-likeness (QED) is 0.648. The van der Waals surface area contributed by atoms with E-state index in [0.717, 1.165) is 12.0 Å². The van der Waals surface area contributed by atoms with Crippen LogP contribution in [-0.2, 0) is 0 Å². The third-order valence-corrected chi connectivity index (χ3v) is 2.63. The molecule has 0 saturated heterocycles. The van der Waals surface area contributed by atoms with Gasteiger partial charge in [-0.1, -0.05) is 30.3 Å².